The fourth-order valence-corrected chi connectivity index (χ4v) is 4.19. The number of ether oxygens (including phenoxy) is 4. The van der Waals surface area contributed by atoms with Crippen molar-refractivity contribution in [2.24, 2.45) is 0 Å². The predicted molar refractivity (Wildman–Crippen MR) is 128 cm³/mol. The number of furan rings is 1. The third-order valence-electron chi connectivity index (χ3n) is 5.81. The van der Waals surface area contributed by atoms with Crippen LogP contribution in [-0.2, 0) is 11.3 Å². The van der Waals surface area contributed by atoms with Crippen molar-refractivity contribution in [1.29, 1.82) is 0 Å². The third kappa shape index (κ3) is 4.52. The Labute approximate surface area is 197 Å². The highest BCUT2D eigenvalue weighted by Crippen LogP contribution is 2.44. The average molecular weight is 465 g/mol. The van der Waals surface area contributed by atoms with E-state index in [0.717, 1.165) is 27.8 Å². The molecular weight excluding hydrogens is 436 g/mol. The molecule has 4 aromatic rings. The van der Waals surface area contributed by atoms with E-state index < -0.39 is 0 Å². The van der Waals surface area contributed by atoms with Gasteiger partial charge in [0.25, 0.3) is 0 Å². The monoisotopic (exact) mass is 464 g/mol. The summed E-state index contributed by atoms with van der Waals surface area (Å²) >= 11 is 0. The Bertz CT molecular complexity index is 1240. The fourth-order valence-electron chi connectivity index (χ4n) is 4.19. The quantitative estimate of drug-likeness (QED) is 0.355. The lowest BCUT2D eigenvalue weighted by molar-refractivity contribution is -0.121. The van der Waals surface area contributed by atoms with Gasteiger partial charge >= 0.3 is 0 Å². The second-order valence-corrected chi connectivity index (χ2v) is 7.70. The number of hydrogen-bond donors (Lipinski definition) is 2. The van der Waals surface area contributed by atoms with Gasteiger partial charge in [-0.2, -0.15) is 0 Å². The number of amides is 1. The zero-order chi connectivity index (χ0) is 24.1. The van der Waals surface area contributed by atoms with E-state index in [2.05, 4.69) is 10.3 Å². The van der Waals surface area contributed by atoms with Crippen molar-refractivity contribution >= 4 is 16.8 Å². The van der Waals surface area contributed by atoms with Gasteiger partial charge < -0.3 is 33.7 Å². The van der Waals surface area contributed by atoms with Gasteiger partial charge in [-0.3, -0.25) is 4.79 Å². The molecule has 0 spiro atoms. The normalized spacial score (nSPS) is 11.8. The molecule has 8 nitrogen and oxygen atoms in total. The Morgan fingerprint density at radius 2 is 1.71 bits per heavy atom. The van der Waals surface area contributed by atoms with Crippen LogP contribution in [-0.4, -0.2) is 39.3 Å². The first kappa shape index (κ1) is 23.1. The second-order valence-electron chi connectivity index (χ2n) is 7.70. The number of hydrogen-bond acceptors (Lipinski definition) is 6. The highest BCUT2D eigenvalue weighted by Gasteiger charge is 2.26. The molecule has 0 aliphatic heterocycles. The molecule has 178 valence electrons. The maximum atomic E-state index is 13.1. The smallest absolute Gasteiger partial charge is 0.221 e. The minimum Gasteiger partial charge on any atom is -0.496 e. The van der Waals surface area contributed by atoms with E-state index in [9.17, 15) is 4.79 Å². The molecule has 2 aromatic heterocycles. The van der Waals surface area contributed by atoms with Crippen LogP contribution in [0, 0.1) is 0 Å². The number of rotatable bonds is 10. The molecule has 0 aliphatic carbocycles. The highest BCUT2D eigenvalue weighted by molar-refractivity contribution is 5.91. The van der Waals surface area contributed by atoms with E-state index in [1.165, 1.54) is 0 Å². The van der Waals surface area contributed by atoms with Crippen molar-refractivity contribution < 1.29 is 28.2 Å². The molecule has 2 aromatic carbocycles. The molecule has 0 saturated carbocycles. The molecule has 1 atom stereocenters. The number of carbonyl (C=O) groups excluding carboxylic acids is 1. The third-order valence-corrected chi connectivity index (χ3v) is 5.81. The molecule has 2 heterocycles. The lowest BCUT2D eigenvalue weighted by Crippen LogP contribution is -2.24. The Morgan fingerprint density at radius 3 is 2.32 bits per heavy atom. The lowest BCUT2D eigenvalue weighted by Gasteiger charge is -2.21. The fraction of sp³-hybridized carbons (Fsp3) is 0.269. The number of fused-ring (bicyclic) bond motifs is 1. The Balaban J connectivity index is 1.78. The molecule has 0 aliphatic rings. The maximum absolute atomic E-state index is 13.1. The van der Waals surface area contributed by atoms with E-state index in [-0.39, 0.29) is 18.2 Å². The zero-order valence-electron chi connectivity index (χ0n) is 19.6. The van der Waals surface area contributed by atoms with E-state index in [1.807, 2.05) is 42.6 Å². The molecular formula is C26H28N2O6. The number of aromatic amines is 1. The summed E-state index contributed by atoms with van der Waals surface area (Å²) in [6.07, 6.45) is 3.68. The molecule has 4 rings (SSSR count). The van der Waals surface area contributed by atoms with Crippen LogP contribution in [0.4, 0.5) is 0 Å². The molecule has 2 N–H and O–H groups in total. The van der Waals surface area contributed by atoms with Crippen LogP contribution < -0.4 is 24.3 Å². The van der Waals surface area contributed by atoms with Gasteiger partial charge in [0.2, 0.25) is 11.7 Å². The van der Waals surface area contributed by atoms with Crippen LogP contribution in [0.5, 0.6) is 23.0 Å². The maximum Gasteiger partial charge on any atom is 0.221 e. The van der Waals surface area contributed by atoms with Gasteiger partial charge in [0.05, 0.1) is 41.2 Å². The van der Waals surface area contributed by atoms with Crippen LogP contribution in [0.3, 0.4) is 0 Å². The minimum atomic E-state index is -0.324. The molecule has 0 unspecified atom stereocenters. The van der Waals surface area contributed by atoms with Gasteiger partial charge in [0.1, 0.15) is 11.5 Å². The van der Waals surface area contributed by atoms with Crippen LogP contribution in [0.15, 0.2) is 59.3 Å². The Morgan fingerprint density at radius 1 is 0.971 bits per heavy atom. The number of methoxy groups -OCH3 is 4. The molecule has 0 saturated heterocycles. The summed E-state index contributed by atoms with van der Waals surface area (Å²) in [7, 11) is 6.34. The number of carbonyl (C=O) groups is 1. The molecule has 8 heteroatoms. The van der Waals surface area contributed by atoms with Crippen molar-refractivity contribution in [3.05, 3.63) is 71.8 Å². The van der Waals surface area contributed by atoms with Crippen molar-refractivity contribution in [3.8, 4) is 23.0 Å². The van der Waals surface area contributed by atoms with Crippen LogP contribution >= 0.6 is 0 Å². The second kappa shape index (κ2) is 10.2. The van der Waals surface area contributed by atoms with Crippen molar-refractivity contribution in [2.75, 3.05) is 28.4 Å². The predicted octanol–water partition coefficient (Wildman–Crippen LogP) is 4.63. The van der Waals surface area contributed by atoms with Crippen LogP contribution in [0.2, 0.25) is 0 Å². The summed E-state index contributed by atoms with van der Waals surface area (Å²) < 4.78 is 27.6. The van der Waals surface area contributed by atoms with Gasteiger partial charge in [-0.25, -0.2) is 0 Å². The molecule has 34 heavy (non-hydrogen) atoms. The summed E-state index contributed by atoms with van der Waals surface area (Å²) in [6.45, 7) is 0.311. The lowest BCUT2D eigenvalue weighted by atomic mass is 9.87. The van der Waals surface area contributed by atoms with Crippen molar-refractivity contribution in [3.63, 3.8) is 0 Å². The molecule has 0 fully saturated rings. The highest BCUT2D eigenvalue weighted by atomic mass is 16.5. The first-order valence-electron chi connectivity index (χ1n) is 10.8. The summed E-state index contributed by atoms with van der Waals surface area (Å²) in [6, 6.07) is 13.2. The summed E-state index contributed by atoms with van der Waals surface area (Å²) in [5.41, 5.74) is 2.69. The van der Waals surface area contributed by atoms with Gasteiger partial charge in [0.15, 0.2) is 11.5 Å². The SMILES string of the molecule is COc1cc([C@@H](CC(=O)NCc2ccco2)c2c[nH]c3cccc(OC)c23)cc(OC)c1OC. The van der Waals surface area contributed by atoms with E-state index in [4.69, 9.17) is 23.4 Å². The largest absolute Gasteiger partial charge is 0.496 e. The van der Waals surface area contributed by atoms with E-state index >= 15 is 0 Å². The van der Waals surface area contributed by atoms with Crippen LogP contribution in [0.1, 0.15) is 29.2 Å². The van der Waals surface area contributed by atoms with Gasteiger partial charge in [-0.15, -0.1) is 0 Å². The Kier molecular flexibility index (Phi) is 6.96. The summed E-state index contributed by atoms with van der Waals surface area (Å²) in [5, 5.41) is 3.86. The number of H-pyrrole nitrogens is 1. The summed E-state index contributed by atoms with van der Waals surface area (Å²) in [5.74, 6) is 2.49. The molecule has 0 radical (unpaired) electrons. The average Bonchev–Trinajstić information content (AvgIpc) is 3.55. The number of benzene rings is 2. The van der Waals surface area contributed by atoms with Gasteiger partial charge in [-0.1, -0.05) is 6.07 Å². The number of aromatic nitrogens is 1. The first-order chi connectivity index (χ1) is 16.6. The van der Waals surface area contributed by atoms with Gasteiger partial charge in [0, 0.05) is 29.4 Å². The summed E-state index contributed by atoms with van der Waals surface area (Å²) in [4.78, 5) is 16.4. The standard InChI is InChI=1S/C26H28N2O6/c1-30-21-9-5-8-20-25(21)19(15-27-20)18(13-24(29)28-14-17-7-6-10-34-17)16-11-22(31-2)26(33-4)23(12-16)32-3/h5-12,15,18,27H,13-14H2,1-4H3,(H,28,29)/t18-/m1/s1. The topological polar surface area (TPSA) is 95.0 Å². The molecule has 0 bridgehead atoms. The van der Waals surface area contributed by atoms with Crippen LogP contribution in [0.25, 0.3) is 10.9 Å². The van der Waals surface area contributed by atoms with E-state index in [0.29, 0.717) is 29.6 Å². The first-order valence-corrected chi connectivity index (χ1v) is 10.8. The minimum absolute atomic E-state index is 0.126. The zero-order valence-corrected chi connectivity index (χ0v) is 19.6. The Hall–Kier alpha value is -4.07. The molecule has 1 amide bonds. The van der Waals surface area contributed by atoms with E-state index in [1.54, 1.807) is 40.8 Å². The van der Waals surface area contributed by atoms with Crippen molar-refractivity contribution in [1.82, 2.24) is 10.3 Å². The van der Waals surface area contributed by atoms with Crippen molar-refractivity contribution in [2.45, 2.75) is 18.9 Å². The van der Waals surface area contributed by atoms with Gasteiger partial charge in [-0.05, 0) is 47.5 Å². The number of nitrogens with one attached hydrogen (secondary N) is 2.